The Morgan fingerprint density at radius 1 is 1.60 bits per heavy atom. The van der Waals surface area contributed by atoms with Crippen LogP contribution in [0.3, 0.4) is 0 Å². The normalized spacial score (nSPS) is 26.5. The van der Waals surface area contributed by atoms with Gasteiger partial charge in [-0.05, 0) is 20.8 Å². The topological polar surface area (TPSA) is 29.5 Å². The molecule has 1 aliphatic heterocycles. The molecule has 4 heteroatoms. The molecular formula is C11H18FNO2. The van der Waals surface area contributed by atoms with Crippen LogP contribution in [0.1, 0.15) is 27.2 Å². The molecule has 0 bridgehead atoms. The third kappa shape index (κ3) is 3.22. The number of rotatable bonds is 1. The first kappa shape index (κ1) is 12.0. The zero-order valence-corrected chi connectivity index (χ0v) is 9.55. The summed E-state index contributed by atoms with van der Waals surface area (Å²) in [5, 5.41) is 0. The smallest absolute Gasteiger partial charge is 0.410 e. The third-order valence-electron chi connectivity index (χ3n) is 2.27. The van der Waals surface area contributed by atoms with Gasteiger partial charge in [-0.25, -0.2) is 9.18 Å². The average molecular weight is 215 g/mol. The molecule has 0 aromatic heterocycles. The molecule has 15 heavy (non-hydrogen) atoms. The second kappa shape index (κ2) is 3.83. The molecule has 0 aromatic rings. The summed E-state index contributed by atoms with van der Waals surface area (Å²) in [6, 6.07) is 0. The van der Waals surface area contributed by atoms with E-state index in [9.17, 15) is 9.18 Å². The van der Waals surface area contributed by atoms with Crippen molar-refractivity contribution in [2.24, 2.45) is 0 Å². The summed E-state index contributed by atoms with van der Waals surface area (Å²) in [7, 11) is 0. The van der Waals surface area contributed by atoms with Crippen LogP contribution in [0.25, 0.3) is 0 Å². The molecule has 1 amide bonds. The summed E-state index contributed by atoms with van der Waals surface area (Å²) in [6.45, 7) is 9.23. The Labute approximate surface area is 89.9 Å². The highest BCUT2D eigenvalue weighted by Gasteiger charge is 2.39. The first-order chi connectivity index (χ1) is 6.76. The first-order valence-corrected chi connectivity index (χ1v) is 5.06. The maximum Gasteiger partial charge on any atom is 0.410 e. The first-order valence-electron chi connectivity index (χ1n) is 5.06. The van der Waals surface area contributed by atoms with E-state index in [1.807, 2.05) is 0 Å². The molecule has 1 fully saturated rings. The van der Waals surface area contributed by atoms with E-state index in [0.29, 0.717) is 13.0 Å². The molecule has 1 aliphatic rings. The van der Waals surface area contributed by atoms with Gasteiger partial charge >= 0.3 is 6.09 Å². The van der Waals surface area contributed by atoms with E-state index < -0.39 is 17.4 Å². The van der Waals surface area contributed by atoms with Crippen molar-refractivity contribution in [1.29, 1.82) is 0 Å². The summed E-state index contributed by atoms with van der Waals surface area (Å²) >= 11 is 0. The van der Waals surface area contributed by atoms with E-state index in [1.165, 1.54) is 11.0 Å². The number of hydrogen-bond acceptors (Lipinski definition) is 2. The van der Waals surface area contributed by atoms with Crippen LogP contribution >= 0.6 is 0 Å². The van der Waals surface area contributed by atoms with Crippen molar-refractivity contribution >= 4 is 6.09 Å². The largest absolute Gasteiger partial charge is 0.444 e. The number of ether oxygens (including phenoxy) is 1. The van der Waals surface area contributed by atoms with Crippen molar-refractivity contribution in [3.05, 3.63) is 12.7 Å². The number of carbonyl (C=O) groups excluding carboxylic acids is 1. The van der Waals surface area contributed by atoms with Crippen molar-refractivity contribution in [3.63, 3.8) is 0 Å². The number of carbonyl (C=O) groups is 1. The van der Waals surface area contributed by atoms with E-state index in [4.69, 9.17) is 4.74 Å². The van der Waals surface area contributed by atoms with Gasteiger partial charge in [-0.3, -0.25) is 0 Å². The van der Waals surface area contributed by atoms with E-state index in [2.05, 4.69) is 6.58 Å². The maximum absolute atomic E-state index is 13.7. The lowest BCUT2D eigenvalue weighted by Gasteiger charge is -2.24. The van der Waals surface area contributed by atoms with Gasteiger partial charge in [0, 0.05) is 13.0 Å². The molecule has 0 spiro atoms. The van der Waals surface area contributed by atoms with Crippen LogP contribution in [0.4, 0.5) is 9.18 Å². The van der Waals surface area contributed by atoms with Crippen LogP contribution in [-0.4, -0.2) is 35.4 Å². The summed E-state index contributed by atoms with van der Waals surface area (Å²) in [5.74, 6) is 0. The standard InChI is InChI=1S/C11H18FNO2/c1-5-11(12)6-7-13(8-11)9(14)15-10(2,3)4/h5H,1,6-8H2,2-4H3/t11-/m1/s1. The van der Waals surface area contributed by atoms with Crippen LogP contribution in [0.15, 0.2) is 12.7 Å². The fourth-order valence-electron chi connectivity index (χ4n) is 1.45. The predicted molar refractivity (Wildman–Crippen MR) is 56.5 cm³/mol. The number of alkyl halides is 1. The lowest BCUT2D eigenvalue weighted by molar-refractivity contribution is 0.0272. The van der Waals surface area contributed by atoms with Crippen molar-refractivity contribution in [3.8, 4) is 0 Å². The monoisotopic (exact) mass is 215 g/mol. The summed E-state index contributed by atoms with van der Waals surface area (Å²) < 4.78 is 18.9. The molecule has 0 aromatic carbocycles. The molecule has 0 aliphatic carbocycles. The fraction of sp³-hybridized carbons (Fsp3) is 0.727. The molecule has 1 atom stereocenters. The van der Waals surface area contributed by atoms with E-state index in [1.54, 1.807) is 20.8 Å². The Morgan fingerprint density at radius 3 is 2.60 bits per heavy atom. The molecule has 86 valence electrons. The Kier molecular flexibility index (Phi) is 3.07. The highest BCUT2D eigenvalue weighted by molar-refractivity contribution is 5.68. The summed E-state index contributed by atoms with van der Waals surface area (Å²) in [6.07, 6.45) is 1.11. The van der Waals surface area contributed by atoms with Gasteiger partial charge < -0.3 is 9.64 Å². The molecule has 0 saturated carbocycles. The van der Waals surface area contributed by atoms with Gasteiger partial charge in [-0.15, -0.1) is 0 Å². The van der Waals surface area contributed by atoms with Gasteiger partial charge in [-0.1, -0.05) is 12.7 Å². The number of nitrogens with zero attached hydrogens (tertiary/aromatic N) is 1. The van der Waals surface area contributed by atoms with Gasteiger partial charge in [0.05, 0.1) is 6.54 Å². The summed E-state index contributed by atoms with van der Waals surface area (Å²) in [4.78, 5) is 12.9. The van der Waals surface area contributed by atoms with Gasteiger partial charge in [0.25, 0.3) is 0 Å². The average Bonchev–Trinajstić information content (AvgIpc) is 2.46. The minimum Gasteiger partial charge on any atom is -0.444 e. The van der Waals surface area contributed by atoms with Crippen molar-refractivity contribution in [1.82, 2.24) is 4.90 Å². The Bertz CT molecular complexity index is 272. The molecule has 0 unspecified atom stereocenters. The van der Waals surface area contributed by atoms with Crippen molar-refractivity contribution in [2.45, 2.75) is 38.5 Å². The highest BCUT2D eigenvalue weighted by Crippen LogP contribution is 2.27. The van der Waals surface area contributed by atoms with E-state index in [0.717, 1.165) is 0 Å². The molecule has 1 rings (SSSR count). The highest BCUT2D eigenvalue weighted by atomic mass is 19.1. The van der Waals surface area contributed by atoms with Crippen molar-refractivity contribution < 1.29 is 13.9 Å². The second-order valence-electron chi connectivity index (χ2n) is 4.89. The SMILES string of the molecule is C=C[C@@]1(F)CCN(C(=O)OC(C)(C)C)C1. The molecule has 3 nitrogen and oxygen atoms in total. The zero-order chi connectivity index (χ0) is 11.7. The number of likely N-dealkylation sites (tertiary alicyclic amines) is 1. The summed E-state index contributed by atoms with van der Waals surface area (Å²) in [5.41, 5.74) is -1.98. The van der Waals surface area contributed by atoms with Crippen molar-refractivity contribution in [2.75, 3.05) is 13.1 Å². The lowest BCUT2D eigenvalue weighted by atomic mass is 10.1. The number of amides is 1. The molecule has 1 saturated heterocycles. The molecule has 1 heterocycles. The molecule has 0 N–H and O–H groups in total. The Morgan fingerprint density at radius 2 is 2.20 bits per heavy atom. The predicted octanol–water partition coefficient (Wildman–Crippen LogP) is 2.52. The van der Waals surface area contributed by atoms with Crippen LogP contribution in [0.5, 0.6) is 0 Å². The minimum absolute atomic E-state index is 0.0470. The zero-order valence-electron chi connectivity index (χ0n) is 9.55. The van der Waals surface area contributed by atoms with Gasteiger partial charge in [0.1, 0.15) is 11.3 Å². The maximum atomic E-state index is 13.7. The van der Waals surface area contributed by atoms with Gasteiger partial charge in [0.15, 0.2) is 0 Å². The van der Waals surface area contributed by atoms with E-state index >= 15 is 0 Å². The number of hydrogen-bond donors (Lipinski definition) is 0. The van der Waals surface area contributed by atoms with E-state index in [-0.39, 0.29) is 6.54 Å². The number of halogens is 1. The quantitative estimate of drug-likeness (QED) is 0.629. The van der Waals surface area contributed by atoms with Gasteiger partial charge in [-0.2, -0.15) is 0 Å². The molecule has 0 radical (unpaired) electrons. The van der Waals surface area contributed by atoms with Gasteiger partial charge in [0.2, 0.25) is 0 Å². The Hall–Kier alpha value is -1.06. The fourth-order valence-corrected chi connectivity index (χ4v) is 1.45. The third-order valence-corrected chi connectivity index (χ3v) is 2.27. The molecular weight excluding hydrogens is 197 g/mol. The minimum atomic E-state index is -1.45. The van der Waals surface area contributed by atoms with Crippen LogP contribution in [0, 0.1) is 0 Å². The second-order valence-corrected chi connectivity index (χ2v) is 4.89. The van der Waals surface area contributed by atoms with Crippen LogP contribution < -0.4 is 0 Å². The Balaban J connectivity index is 2.54. The lowest BCUT2D eigenvalue weighted by Crippen LogP contribution is -2.37. The van der Waals surface area contributed by atoms with Crippen LogP contribution in [-0.2, 0) is 4.74 Å². The van der Waals surface area contributed by atoms with Crippen LogP contribution in [0.2, 0.25) is 0 Å².